The third-order valence-corrected chi connectivity index (χ3v) is 5.69. The van der Waals surface area contributed by atoms with Crippen LogP contribution < -0.4 is 0 Å². The van der Waals surface area contributed by atoms with E-state index in [9.17, 15) is 13.6 Å². The summed E-state index contributed by atoms with van der Waals surface area (Å²) in [6, 6.07) is 3.89. The van der Waals surface area contributed by atoms with Gasteiger partial charge in [-0.2, -0.15) is 0 Å². The molecule has 0 saturated heterocycles. The van der Waals surface area contributed by atoms with E-state index < -0.39 is 11.6 Å². The number of carbonyl (C=O) groups is 1. The van der Waals surface area contributed by atoms with E-state index in [1.165, 1.54) is 12.5 Å². The number of carbonyl (C=O) groups excluding carboxylic acids is 1. The second-order valence-electron chi connectivity index (χ2n) is 7.92. The van der Waals surface area contributed by atoms with Gasteiger partial charge in [0.15, 0.2) is 11.6 Å². The maximum atomic E-state index is 13.4. The van der Waals surface area contributed by atoms with E-state index in [0.29, 0.717) is 29.7 Å². The van der Waals surface area contributed by atoms with Crippen LogP contribution in [-0.2, 0) is 9.53 Å². The molecule has 2 aliphatic carbocycles. The minimum atomic E-state index is -0.854. The Labute approximate surface area is 142 Å². The van der Waals surface area contributed by atoms with Gasteiger partial charge in [0.25, 0.3) is 0 Å². The van der Waals surface area contributed by atoms with E-state index in [1.54, 1.807) is 6.07 Å². The number of hydrogen-bond acceptors (Lipinski definition) is 2. The van der Waals surface area contributed by atoms with Gasteiger partial charge in [0, 0.05) is 0 Å². The lowest BCUT2D eigenvalue weighted by atomic mass is 9.75. The molecule has 0 N–H and O–H groups in total. The fourth-order valence-corrected chi connectivity index (χ4v) is 4.05. The molecule has 2 nitrogen and oxygen atoms in total. The number of hydrogen-bond donors (Lipinski definition) is 0. The molecule has 0 aliphatic heterocycles. The summed E-state index contributed by atoms with van der Waals surface area (Å²) < 4.78 is 32.3. The molecule has 4 heteroatoms. The molecular weight excluding hydrogens is 310 g/mol. The summed E-state index contributed by atoms with van der Waals surface area (Å²) in [6.45, 7) is 6.57. The number of ether oxygens (including phenoxy) is 1. The Morgan fingerprint density at radius 3 is 2.58 bits per heavy atom. The summed E-state index contributed by atoms with van der Waals surface area (Å²) in [5.41, 5.74) is 0.688. The highest BCUT2D eigenvalue weighted by Crippen LogP contribution is 2.49. The van der Waals surface area contributed by atoms with Gasteiger partial charge in [-0.3, -0.25) is 4.79 Å². The first kappa shape index (κ1) is 17.4. The van der Waals surface area contributed by atoms with Crippen molar-refractivity contribution in [1.82, 2.24) is 0 Å². The highest BCUT2D eigenvalue weighted by molar-refractivity contribution is 5.77. The zero-order valence-electron chi connectivity index (χ0n) is 14.6. The van der Waals surface area contributed by atoms with Crippen LogP contribution in [0.2, 0.25) is 0 Å². The van der Waals surface area contributed by atoms with Crippen molar-refractivity contribution in [3.8, 4) is 0 Å². The summed E-state index contributed by atoms with van der Waals surface area (Å²) in [4.78, 5) is 12.5. The van der Waals surface area contributed by atoms with Gasteiger partial charge in [0.05, 0.1) is 5.92 Å². The second-order valence-corrected chi connectivity index (χ2v) is 7.92. The van der Waals surface area contributed by atoms with Crippen molar-refractivity contribution in [2.45, 2.75) is 58.5 Å². The molecule has 5 atom stereocenters. The molecule has 2 unspecified atom stereocenters. The molecule has 2 aliphatic rings. The van der Waals surface area contributed by atoms with Gasteiger partial charge in [-0.15, -0.1) is 0 Å². The predicted octanol–water partition coefficient (Wildman–Crippen LogP) is 5.07. The van der Waals surface area contributed by atoms with E-state index in [0.717, 1.165) is 18.9 Å². The Kier molecular flexibility index (Phi) is 4.93. The molecule has 0 amide bonds. The number of benzene rings is 1. The van der Waals surface area contributed by atoms with Crippen molar-refractivity contribution in [2.24, 2.45) is 23.7 Å². The lowest BCUT2D eigenvalue weighted by Crippen LogP contribution is -2.36. The Hall–Kier alpha value is -1.45. The second kappa shape index (κ2) is 6.81. The maximum Gasteiger partial charge on any atom is 0.309 e. The van der Waals surface area contributed by atoms with Gasteiger partial charge < -0.3 is 4.74 Å². The van der Waals surface area contributed by atoms with Gasteiger partial charge in [0.2, 0.25) is 0 Å². The van der Waals surface area contributed by atoms with Gasteiger partial charge in [-0.05, 0) is 60.6 Å². The normalized spacial score (nSPS) is 32.7. The SMILES string of the molecule is CC(C)C1CC[C@@H](C)CC1OC(=O)[C@@H]1C[C@@H]1c1ccc(F)c(F)c1. The fraction of sp³-hybridized carbons (Fsp3) is 0.650. The van der Waals surface area contributed by atoms with Gasteiger partial charge in [-0.25, -0.2) is 8.78 Å². The Bertz CT molecular complexity index is 614. The standard InChI is InChI=1S/C20H26F2O2/c1-11(2)14-6-4-12(3)8-19(14)24-20(23)16-10-15(16)13-5-7-17(21)18(22)9-13/h5,7,9,11-12,14-16,19H,4,6,8,10H2,1-3H3/t12-,14?,15-,16-,19?/m1/s1. The maximum absolute atomic E-state index is 13.4. The molecule has 0 bridgehead atoms. The zero-order chi connectivity index (χ0) is 17.4. The molecule has 1 aromatic rings. The minimum absolute atomic E-state index is 0.00699. The van der Waals surface area contributed by atoms with E-state index in [4.69, 9.17) is 4.74 Å². The van der Waals surface area contributed by atoms with Crippen LogP contribution >= 0.6 is 0 Å². The van der Waals surface area contributed by atoms with E-state index in [1.807, 2.05) is 0 Å². The van der Waals surface area contributed by atoms with Crippen molar-refractivity contribution in [3.05, 3.63) is 35.4 Å². The monoisotopic (exact) mass is 336 g/mol. The molecular formula is C20H26F2O2. The lowest BCUT2D eigenvalue weighted by molar-refractivity contribution is -0.157. The van der Waals surface area contributed by atoms with Crippen molar-refractivity contribution < 1.29 is 18.3 Å². The first-order valence-electron chi connectivity index (χ1n) is 9.02. The zero-order valence-corrected chi connectivity index (χ0v) is 14.6. The third-order valence-electron chi connectivity index (χ3n) is 5.69. The molecule has 1 aromatic carbocycles. The summed E-state index contributed by atoms with van der Waals surface area (Å²) in [5.74, 6) is -0.622. The summed E-state index contributed by atoms with van der Waals surface area (Å²) in [6.07, 6.45) is 3.88. The van der Waals surface area contributed by atoms with Crippen LogP contribution in [0.15, 0.2) is 18.2 Å². The smallest absolute Gasteiger partial charge is 0.309 e. The first-order chi connectivity index (χ1) is 11.4. The van der Waals surface area contributed by atoms with E-state index in [-0.39, 0.29) is 23.9 Å². The van der Waals surface area contributed by atoms with Crippen LogP contribution in [0, 0.1) is 35.3 Å². The Morgan fingerprint density at radius 1 is 1.17 bits per heavy atom. The minimum Gasteiger partial charge on any atom is -0.462 e. The molecule has 0 radical (unpaired) electrons. The highest BCUT2D eigenvalue weighted by Gasteiger charge is 2.47. The first-order valence-corrected chi connectivity index (χ1v) is 9.02. The molecule has 0 heterocycles. The average Bonchev–Trinajstić information content (AvgIpc) is 3.30. The average molecular weight is 336 g/mol. The number of esters is 1. The van der Waals surface area contributed by atoms with Crippen LogP contribution in [0.4, 0.5) is 8.78 Å². The lowest BCUT2D eigenvalue weighted by Gasteiger charge is -2.36. The summed E-state index contributed by atoms with van der Waals surface area (Å²) in [7, 11) is 0. The van der Waals surface area contributed by atoms with Gasteiger partial charge >= 0.3 is 5.97 Å². The molecule has 2 fully saturated rings. The van der Waals surface area contributed by atoms with Crippen LogP contribution in [0.3, 0.4) is 0 Å². The Morgan fingerprint density at radius 2 is 1.92 bits per heavy atom. The fourth-order valence-electron chi connectivity index (χ4n) is 4.05. The largest absolute Gasteiger partial charge is 0.462 e. The Balaban J connectivity index is 1.62. The van der Waals surface area contributed by atoms with E-state index >= 15 is 0 Å². The van der Waals surface area contributed by atoms with E-state index in [2.05, 4.69) is 20.8 Å². The van der Waals surface area contributed by atoms with Crippen molar-refractivity contribution in [3.63, 3.8) is 0 Å². The van der Waals surface area contributed by atoms with Crippen molar-refractivity contribution >= 4 is 5.97 Å². The van der Waals surface area contributed by atoms with Crippen LogP contribution in [0.5, 0.6) is 0 Å². The molecule has 0 spiro atoms. The third kappa shape index (κ3) is 3.62. The molecule has 2 saturated carbocycles. The topological polar surface area (TPSA) is 26.3 Å². The van der Waals surface area contributed by atoms with Crippen LogP contribution in [0.1, 0.15) is 57.9 Å². The number of rotatable bonds is 4. The molecule has 132 valence electrons. The van der Waals surface area contributed by atoms with Gasteiger partial charge in [0.1, 0.15) is 6.10 Å². The molecule has 24 heavy (non-hydrogen) atoms. The van der Waals surface area contributed by atoms with Crippen molar-refractivity contribution in [2.75, 3.05) is 0 Å². The van der Waals surface area contributed by atoms with Crippen LogP contribution in [-0.4, -0.2) is 12.1 Å². The molecule has 0 aromatic heterocycles. The number of halogens is 2. The predicted molar refractivity (Wildman–Crippen MR) is 88.4 cm³/mol. The van der Waals surface area contributed by atoms with Crippen LogP contribution in [0.25, 0.3) is 0 Å². The summed E-state index contributed by atoms with van der Waals surface area (Å²) >= 11 is 0. The van der Waals surface area contributed by atoms with Gasteiger partial charge in [-0.1, -0.05) is 33.3 Å². The summed E-state index contributed by atoms with van der Waals surface area (Å²) in [5, 5.41) is 0. The quantitative estimate of drug-likeness (QED) is 0.717. The van der Waals surface area contributed by atoms with Crippen molar-refractivity contribution in [1.29, 1.82) is 0 Å². The highest BCUT2D eigenvalue weighted by atomic mass is 19.2. The molecule has 3 rings (SSSR count).